The molecule has 108 valence electrons. The van der Waals surface area contributed by atoms with E-state index in [9.17, 15) is 4.79 Å². The molecule has 0 bridgehead atoms. The average molecular weight is 266 g/mol. The van der Waals surface area contributed by atoms with Crippen LogP contribution >= 0.6 is 0 Å². The standard InChI is InChI=1S/C15H26N2O2/c1-12(2)17-11-15(14(17)18)6-4-7-16(10-15)9-13-5-3-8-19-13/h12-13H,3-11H2,1-2H3/t13-,15+/m0/s1. The highest BCUT2D eigenvalue weighted by Gasteiger charge is 2.54. The summed E-state index contributed by atoms with van der Waals surface area (Å²) in [5, 5.41) is 0. The van der Waals surface area contributed by atoms with Crippen LogP contribution in [0.1, 0.15) is 39.5 Å². The van der Waals surface area contributed by atoms with Crippen LogP contribution in [0.15, 0.2) is 0 Å². The van der Waals surface area contributed by atoms with Gasteiger partial charge in [0.2, 0.25) is 5.91 Å². The zero-order valence-corrected chi connectivity index (χ0v) is 12.2. The number of piperidine rings is 1. The highest BCUT2D eigenvalue weighted by atomic mass is 16.5. The average Bonchev–Trinajstić information content (AvgIpc) is 2.88. The van der Waals surface area contributed by atoms with E-state index in [1.54, 1.807) is 0 Å². The van der Waals surface area contributed by atoms with Gasteiger partial charge in [-0.15, -0.1) is 0 Å². The fourth-order valence-corrected chi connectivity index (χ4v) is 3.86. The maximum absolute atomic E-state index is 12.4. The van der Waals surface area contributed by atoms with Crippen molar-refractivity contribution in [2.45, 2.75) is 51.7 Å². The second kappa shape index (κ2) is 5.06. The van der Waals surface area contributed by atoms with Crippen LogP contribution in [0.3, 0.4) is 0 Å². The second-order valence-corrected chi connectivity index (χ2v) is 6.78. The van der Waals surface area contributed by atoms with Crippen LogP contribution in [-0.4, -0.2) is 60.6 Å². The van der Waals surface area contributed by atoms with Crippen LogP contribution in [-0.2, 0) is 9.53 Å². The molecule has 3 aliphatic rings. The number of nitrogens with zero attached hydrogens (tertiary/aromatic N) is 2. The number of ether oxygens (including phenoxy) is 1. The van der Waals surface area contributed by atoms with Crippen molar-refractivity contribution in [3.8, 4) is 0 Å². The molecule has 3 saturated heterocycles. The van der Waals surface area contributed by atoms with Crippen LogP contribution in [0.2, 0.25) is 0 Å². The van der Waals surface area contributed by atoms with E-state index in [1.165, 1.54) is 12.8 Å². The first-order chi connectivity index (χ1) is 9.11. The second-order valence-electron chi connectivity index (χ2n) is 6.78. The highest BCUT2D eigenvalue weighted by Crippen LogP contribution is 2.41. The van der Waals surface area contributed by atoms with Crippen molar-refractivity contribution in [1.29, 1.82) is 0 Å². The molecule has 4 heteroatoms. The van der Waals surface area contributed by atoms with Gasteiger partial charge in [0, 0.05) is 32.3 Å². The summed E-state index contributed by atoms with van der Waals surface area (Å²) >= 11 is 0. The lowest BCUT2D eigenvalue weighted by molar-refractivity contribution is -0.170. The molecule has 4 nitrogen and oxygen atoms in total. The molecular weight excluding hydrogens is 240 g/mol. The van der Waals surface area contributed by atoms with Crippen molar-refractivity contribution in [2.24, 2.45) is 5.41 Å². The van der Waals surface area contributed by atoms with E-state index in [1.807, 2.05) is 4.90 Å². The number of amides is 1. The minimum atomic E-state index is -0.0544. The number of carbonyl (C=O) groups is 1. The smallest absolute Gasteiger partial charge is 0.232 e. The molecule has 3 rings (SSSR count). The molecule has 0 aromatic carbocycles. The van der Waals surface area contributed by atoms with Gasteiger partial charge in [0.15, 0.2) is 0 Å². The Kier molecular flexibility index (Phi) is 3.56. The molecular formula is C15H26N2O2. The summed E-state index contributed by atoms with van der Waals surface area (Å²) in [5.41, 5.74) is -0.0544. The summed E-state index contributed by atoms with van der Waals surface area (Å²) in [4.78, 5) is 16.9. The first-order valence-electron chi connectivity index (χ1n) is 7.76. The first-order valence-corrected chi connectivity index (χ1v) is 7.76. The third-order valence-corrected chi connectivity index (χ3v) is 4.95. The molecule has 1 amide bonds. The Bertz CT molecular complexity index is 352. The summed E-state index contributed by atoms with van der Waals surface area (Å²) in [6.45, 7) is 9.22. The maximum Gasteiger partial charge on any atom is 0.232 e. The molecule has 0 aliphatic carbocycles. The van der Waals surface area contributed by atoms with Gasteiger partial charge >= 0.3 is 0 Å². The number of carbonyl (C=O) groups excluding carboxylic acids is 1. The van der Waals surface area contributed by atoms with Crippen LogP contribution in [0, 0.1) is 5.41 Å². The van der Waals surface area contributed by atoms with Crippen molar-refractivity contribution in [3.05, 3.63) is 0 Å². The van der Waals surface area contributed by atoms with Gasteiger partial charge in [-0.1, -0.05) is 0 Å². The Labute approximate surface area is 116 Å². The van der Waals surface area contributed by atoms with Crippen molar-refractivity contribution in [3.63, 3.8) is 0 Å². The Morgan fingerprint density at radius 1 is 1.37 bits per heavy atom. The van der Waals surface area contributed by atoms with Crippen molar-refractivity contribution in [2.75, 3.05) is 32.8 Å². The molecule has 3 fully saturated rings. The van der Waals surface area contributed by atoms with E-state index in [4.69, 9.17) is 4.74 Å². The molecule has 0 saturated carbocycles. The van der Waals surface area contributed by atoms with E-state index in [-0.39, 0.29) is 5.41 Å². The van der Waals surface area contributed by atoms with E-state index in [0.717, 1.165) is 45.6 Å². The first kappa shape index (κ1) is 13.4. The van der Waals surface area contributed by atoms with Crippen LogP contribution < -0.4 is 0 Å². The molecule has 3 aliphatic heterocycles. The number of likely N-dealkylation sites (tertiary alicyclic amines) is 2. The molecule has 3 heterocycles. The van der Waals surface area contributed by atoms with Gasteiger partial charge in [-0.2, -0.15) is 0 Å². The predicted molar refractivity (Wildman–Crippen MR) is 73.9 cm³/mol. The van der Waals surface area contributed by atoms with Gasteiger partial charge in [0.1, 0.15) is 0 Å². The summed E-state index contributed by atoms with van der Waals surface area (Å²) in [7, 11) is 0. The van der Waals surface area contributed by atoms with Crippen molar-refractivity contribution in [1.82, 2.24) is 9.80 Å². The van der Waals surface area contributed by atoms with E-state index < -0.39 is 0 Å². The number of hydrogen-bond acceptors (Lipinski definition) is 3. The molecule has 0 aromatic heterocycles. The largest absolute Gasteiger partial charge is 0.377 e. The minimum absolute atomic E-state index is 0.0544. The number of hydrogen-bond donors (Lipinski definition) is 0. The molecule has 0 radical (unpaired) electrons. The zero-order valence-electron chi connectivity index (χ0n) is 12.2. The topological polar surface area (TPSA) is 32.8 Å². The lowest BCUT2D eigenvalue weighted by atomic mass is 9.71. The molecule has 0 N–H and O–H groups in total. The van der Waals surface area contributed by atoms with Crippen LogP contribution in [0.25, 0.3) is 0 Å². The Morgan fingerprint density at radius 2 is 2.21 bits per heavy atom. The lowest BCUT2D eigenvalue weighted by Gasteiger charge is -2.55. The van der Waals surface area contributed by atoms with Crippen molar-refractivity contribution < 1.29 is 9.53 Å². The molecule has 0 aromatic rings. The van der Waals surface area contributed by atoms with E-state index >= 15 is 0 Å². The minimum Gasteiger partial charge on any atom is -0.377 e. The van der Waals surface area contributed by atoms with Gasteiger partial charge in [-0.3, -0.25) is 9.69 Å². The van der Waals surface area contributed by atoms with Crippen molar-refractivity contribution >= 4 is 5.91 Å². The monoisotopic (exact) mass is 266 g/mol. The lowest BCUT2D eigenvalue weighted by Crippen LogP contribution is -2.68. The SMILES string of the molecule is CC(C)N1C[C@]2(CCCN(C[C@@H]3CCCO3)C2)C1=O. The van der Waals surface area contributed by atoms with Gasteiger partial charge in [-0.05, 0) is 46.1 Å². The third kappa shape index (κ3) is 2.40. The molecule has 0 unspecified atom stereocenters. The van der Waals surface area contributed by atoms with Gasteiger partial charge < -0.3 is 9.64 Å². The van der Waals surface area contributed by atoms with Gasteiger partial charge in [0.05, 0.1) is 11.5 Å². The van der Waals surface area contributed by atoms with Crippen LogP contribution in [0.4, 0.5) is 0 Å². The predicted octanol–water partition coefficient (Wildman–Crippen LogP) is 1.50. The maximum atomic E-state index is 12.4. The summed E-state index contributed by atoms with van der Waals surface area (Å²) in [6.07, 6.45) is 5.03. The zero-order chi connectivity index (χ0) is 13.5. The number of β-lactam (4-membered cyclic amide) rings is 1. The summed E-state index contributed by atoms with van der Waals surface area (Å²) < 4.78 is 5.72. The third-order valence-electron chi connectivity index (χ3n) is 4.95. The van der Waals surface area contributed by atoms with E-state index in [2.05, 4.69) is 18.7 Å². The Balaban J connectivity index is 1.58. The van der Waals surface area contributed by atoms with Gasteiger partial charge in [0.25, 0.3) is 0 Å². The summed E-state index contributed by atoms with van der Waals surface area (Å²) in [6, 6.07) is 0.353. The Hall–Kier alpha value is -0.610. The summed E-state index contributed by atoms with van der Waals surface area (Å²) in [5.74, 6) is 0.388. The highest BCUT2D eigenvalue weighted by molar-refractivity contribution is 5.89. The molecule has 2 atom stereocenters. The quantitative estimate of drug-likeness (QED) is 0.726. The fraction of sp³-hybridized carbons (Fsp3) is 0.933. The number of rotatable bonds is 3. The molecule has 1 spiro atoms. The molecule has 19 heavy (non-hydrogen) atoms. The normalized spacial score (nSPS) is 36.3. The van der Waals surface area contributed by atoms with Gasteiger partial charge in [-0.25, -0.2) is 0 Å². The van der Waals surface area contributed by atoms with E-state index in [0.29, 0.717) is 18.1 Å². The Morgan fingerprint density at radius 3 is 2.84 bits per heavy atom. The fourth-order valence-electron chi connectivity index (χ4n) is 3.86. The van der Waals surface area contributed by atoms with Crippen LogP contribution in [0.5, 0.6) is 0 Å².